The molecular formula is C14H21BrN2O4. The Morgan fingerprint density at radius 1 is 1.48 bits per heavy atom. The standard InChI is InChI=1S/C14H21BrN2O4/c1-9(2)17-8-10(15)7-12(17)13(18)16-11(14(19)20)5-4-6-21-3/h7-9,11H,4-6H2,1-3H3,(H,16,18)(H,19,20). The van der Waals surface area contributed by atoms with Gasteiger partial charge in [-0.2, -0.15) is 0 Å². The van der Waals surface area contributed by atoms with E-state index >= 15 is 0 Å². The van der Waals surface area contributed by atoms with E-state index in [1.807, 2.05) is 13.8 Å². The van der Waals surface area contributed by atoms with Gasteiger partial charge in [-0.25, -0.2) is 4.79 Å². The number of nitrogens with one attached hydrogen (secondary N) is 1. The molecule has 1 aromatic heterocycles. The van der Waals surface area contributed by atoms with Crippen LogP contribution in [0.25, 0.3) is 0 Å². The first-order valence-corrected chi connectivity index (χ1v) is 7.56. The highest BCUT2D eigenvalue weighted by Gasteiger charge is 2.22. The van der Waals surface area contributed by atoms with Crippen molar-refractivity contribution in [2.75, 3.05) is 13.7 Å². The van der Waals surface area contributed by atoms with E-state index in [-0.39, 0.29) is 11.9 Å². The van der Waals surface area contributed by atoms with Crippen LogP contribution in [-0.2, 0) is 9.53 Å². The molecule has 1 heterocycles. The Morgan fingerprint density at radius 3 is 2.67 bits per heavy atom. The van der Waals surface area contributed by atoms with Crippen molar-refractivity contribution in [2.24, 2.45) is 0 Å². The van der Waals surface area contributed by atoms with Crippen LogP contribution < -0.4 is 5.32 Å². The molecular weight excluding hydrogens is 340 g/mol. The van der Waals surface area contributed by atoms with Crippen molar-refractivity contribution in [1.82, 2.24) is 9.88 Å². The van der Waals surface area contributed by atoms with Crippen LogP contribution in [0, 0.1) is 0 Å². The number of amides is 1. The minimum atomic E-state index is -1.04. The van der Waals surface area contributed by atoms with Crippen molar-refractivity contribution < 1.29 is 19.4 Å². The molecule has 0 bridgehead atoms. The fraction of sp³-hybridized carbons (Fsp3) is 0.571. The lowest BCUT2D eigenvalue weighted by Crippen LogP contribution is -2.41. The molecule has 2 N–H and O–H groups in total. The van der Waals surface area contributed by atoms with Crippen molar-refractivity contribution in [3.05, 3.63) is 22.4 Å². The summed E-state index contributed by atoms with van der Waals surface area (Å²) in [6.45, 7) is 4.38. The molecule has 0 saturated heterocycles. The van der Waals surface area contributed by atoms with Gasteiger partial charge in [0, 0.05) is 30.4 Å². The molecule has 0 fully saturated rings. The van der Waals surface area contributed by atoms with Gasteiger partial charge < -0.3 is 19.7 Å². The normalized spacial score (nSPS) is 12.4. The molecule has 1 amide bonds. The second kappa shape index (κ2) is 8.19. The Hall–Kier alpha value is -1.34. The average Bonchev–Trinajstić information content (AvgIpc) is 2.80. The molecule has 0 aromatic carbocycles. The third kappa shape index (κ3) is 5.17. The first-order valence-electron chi connectivity index (χ1n) is 6.76. The topological polar surface area (TPSA) is 80.6 Å². The number of rotatable bonds is 8. The van der Waals surface area contributed by atoms with Gasteiger partial charge in [-0.05, 0) is 48.7 Å². The predicted octanol–water partition coefficient (Wildman–Crippen LogP) is 2.44. The third-order valence-corrected chi connectivity index (χ3v) is 3.48. The van der Waals surface area contributed by atoms with Crippen molar-refractivity contribution in [2.45, 2.75) is 38.8 Å². The largest absolute Gasteiger partial charge is 0.480 e. The van der Waals surface area contributed by atoms with E-state index in [0.29, 0.717) is 25.1 Å². The zero-order valence-corrected chi connectivity index (χ0v) is 14.0. The lowest BCUT2D eigenvalue weighted by molar-refractivity contribution is -0.139. The highest BCUT2D eigenvalue weighted by molar-refractivity contribution is 9.10. The number of hydrogen-bond donors (Lipinski definition) is 2. The maximum atomic E-state index is 12.3. The molecule has 1 unspecified atom stereocenters. The maximum absolute atomic E-state index is 12.3. The molecule has 1 rings (SSSR count). The first-order chi connectivity index (χ1) is 9.86. The number of carbonyl (C=O) groups excluding carboxylic acids is 1. The summed E-state index contributed by atoms with van der Waals surface area (Å²) in [6.07, 6.45) is 2.71. The SMILES string of the molecule is COCCCC(NC(=O)c1cc(Br)cn1C(C)C)C(=O)O. The van der Waals surface area contributed by atoms with Crippen LogP contribution in [0.3, 0.4) is 0 Å². The molecule has 21 heavy (non-hydrogen) atoms. The fourth-order valence-corrected chi connectivity index (χ4v) is 2.41. The van der Waals surface area contributed by atoms with Gasteiger partial charge in [0.25, 0.3) is 5.91 Å². The highest BCUT2D eigenvalue weighted by atomic mass is 79.9. The van der Waals surface area contributed by atoms with Crippen molar-refractivity contribution in [1.29, 1.82) is 0 Å². The molecule has 0 aliphatic carbocycles. The van der Waals surface area contributed by atoms with Gasteiger partial charge in [0.2, 0.25) is 0 Å². The van der Waals surface area contributed by atoms with Crippen LogP contribution in [-0.4, -0.2) is 41.3 Å². The zero-order chi connectivity index (χ0) is 16.0. The number of aromatic nitrogens is 1. The summed E-state index contributed by atoms with van der Waals surface area (Å²) in [4.78, 5) is 23.5. The molecule has 0 spiro atoms. The summed E-state index contributed by atoms with van der Waals surface area (Å²) >= 11 is 3.33. The van der Waals surface area contributed by atoms with E-state index in [2.05, 4.69) is 21.2 Å². The van der Waals surface area contributed by atoms with Crippen molar-refractivity contribution >= 4 is 27.8 Å². The second-order valence-corrected chi connectivity index (χ2v) is 5.96. The molecule has 1 aromatic rings. The Morgan fingerprint density at radius 2 is 2.14 bits per heavy atom. The average molecular weight is 361 g/mol. The van der Waals surface area contributed by atoms with Crippen LogP contribution in [0.1, 0.15) is 43.2 Å². The third-order valence-electron chi connectivity index (χ3n) is 3.05. The lowest BCUT2D eigenvalue weighted by atomic mass is 10.1. The van der Waals surface area contributed by atoms with Gasteiger partial charge in [-0.3, -0.25) is 4.79 Å². The molecule has 0 saturated carbocycles. The molecule has 0 aliphatic rings. The Kier molecular flexibility index (Phi) is 6.91. The summed E-state index contributed by atoms with van der Waals surface area (Å²) in [5.41, 5.74) is 0.440. The number of aliphatic carboxylic acids is 1. The predicted molar refractivity (Wildman–Crippen MR) is 82.5 cm³/mol. The zero-order valence-electron chi connectivity index (χ0n) is 12.4. The molecule has 0 aliphatic heterocycles. The number of halogens is 1. The monoisotopic (exact) mass is 360 g/mol. The van der Waals surface area contributed by atoms with Gasteiger partial charge in [-0.1, -0.05) is 0 Å². The smallest absolute Gasteiger partial charge is 0.326 e. The van der Waals surface area contributed by atoms with Crippen LogP contribution in [0.2, 0.25) is 0 Å². The number of hydrogen-bond acceptors (Lipinski definition) is 3. The van der Waals surface area contributed by atoms with E-state index in [1.54, 1.807) is 23.9 Å². The van der Waals surface area contributed by atoms with E-state index in [1.165, 1.54) is 0 Å². The summed E-state index contributed by atoms with van der Waals surface area (Å²) in [5.74, 6) is -1.43. The van der Waals surface area contributed by atoms with Gasteiger partial charge in [0.15, 0.2) is 0 Å². The molecule has 1 atom stereocenters. The van der Waals surface area contributed by atoms with E-state index < -0.39 is 12.0 Å². The van der Waals surface area contributed by atoms with Gasteiger partial charge >= 0.3 is 5.97 Å². The summed E-state index contributed by atoms with van der Waals surface area (Å²) in [5, 5.41) is 11.7. The first kappa shape index (κ1) is 17.7. The second-order valence-electron chi connectivity index (χ2n) is 5.04. The van der Waals surface area contributed by atoms with Crippen LogP contribution in [0.5, 0.6) is 0 Å². The number of methoxy groups -OCH3 is 1. The quantitative estimate of drug-likeness (QED) is 0.697. The summed E-state index contributed by atoms with van der Waals surface area (Å²) in [6, 6.07) is 0.874. The minimum Gasteiger partial charge on any atom is -0.480 e. The van der Waals surface area contributed by atoms with Crippen LogP contribution in [0.15, 0.2) is 16.7 Å². The highest BCUT2D eigenvalue weighted by Crippen LogP contribution is 2.19. The summed E-state index contributed by atoms with van der Waals surface area (Å²) < 4.78 is 7.48. The fourth-order valence-electron chi connectivity index (χ4n) is 1.98. The Labute approximate surface area is 132 Å². The number of carboxylic acid groups (broad SMARTS) is 1. The Bertz CT molecular complexity index is 499. The number of ether oxygens (including phenoxy) is 1. The van der Waals surface area contributed by atoms with Crippen LogP contribution >= 0.6 is 15.9 Å². The number of nitrogens with zero attached hydrogens (tertiary/aromatic N) is 1. The van der Waals surface area contributed by atoms with Gasteiger partial charge in [-0.15, -0.1) is 0 Å². The number of carbonyl (C=O) groups is 2. The molecule has 6 nitrogen and oxygen atoms in total. The van der Waals surface area contributed by atoms with E-state index in [0.717, 1.165) is 4.47 Å². The van der Waals surface area contributed by atoms with E-state index in [4.69, 9.17) is 4.74 Å². The lowest BCUT2D eigenvalue weighted by Gasteiger charge is -2.17. The minimum absolute atomic E-state index is 0.105. The Balaban J connectivity index is 2.80. The summed E-state index contributed by atoms with van der Waals surface area (Å²) in [7, 11) is 1.56. The maximum Gasteiger partial charge on any atom is 0.326 e. The van der Waals surface area contributed by atoms with Crippen molar-refractivity contribution in [3.8, 4) is 0 Å². The molecule has 0 radical (unpaired) electrons. The number of carboxylic acids is 1. The van der Waals surface area contributed by atoms with E-state index in [9.17, 15) is 14.7 Å². The van der Waals surface area contributed by atoms with Gasteiger partial charge in [0.1, 0.15) is 11.7 Å². The van der Waals surface area contributed by atoms with Crippen LogP contribution in [0.4, 0.5) is 0 Å². The molecule has 7 heteroatoms. The van der Waals surface area contributed by atoms with Gasteiger partial charge in [0.05, 0.1) is 0 Å². The molecule has 118 valence electrons. The van der Waals surface area contributed by atoms with Crippen molar-refractivity contribution in [3.63, 3.8) is 0 Å².